The second-order valence-electron chi connectivity index (χ2n) is 4.51. The van der Waals surface area contributed by atoms with Crippen LogP contribution in [0.5, 0.6) is 0 Å². The summed E-state index contributed by atoms with van der Waals surface area (Å²) < 4.78 is 0. The van der Waals surface area contributed by atoms with Gasteiger partial charge in [-0.1, -0.05) is 6.92 Å². The fourth-order valence-electron chi connectivity index (χ4n) is 1.69. The highest BCUT2D eigenvalue weighted by Crippen LogP contribution is 2.33. The number of hydrogen-bond acceptors (Lipinski definition) is 2. The predicted octanol–water partition coefficient (Wildman–Crippen LogP) is 1.50. The van der Waals surface area contributed by atoms with E-state index in [1.54, 1.807) is 13.8 Å². The highest BCUT2D eigenvalue weighted by atomic mass is 16.4. The fourth-order valence-corrected chi connectivity index (χ4v) is 1.69. The second-order valence-corrected chi connectivity index (χ2v) is 4.51. The monoisotopic (exact) mass is 213 g/mol. The van der Waals surface area contributed by atoms with Crippen LogP contribution in [-0.4, -0.2) is 34.0 Å². The number of rotatable bonds is 5. The quantitative estimate of drug-likeness (QED) is 0.753. The lowest BCUT2D eigenvalue weighted by molar-refractivity contribution is -0.158. The number of carbonyl (C=O) groups is 2. The van der Waals surface area contributed by atoms with Crippen molar-refractivity contribution in [2.45, 2.75) is 45.6 Å². The molecule has 0 saturated heterocycles. The van der Waals surface area contributed by atoms with Crippen molar-refractivity contribution >= 4 is 11.9 Å². The molecule has 0 spiro atoms. The standard InChI is InChI=1S/C11H19NO3/c1-4-11(3,10(14)15)12(8(2)13)7-9-5-6-9/h9H,4-7H2,1-3H3,(H,14,15). The first-order valence-corrected chi connectivity index (χ1v) is 5.43. The molecule has 0 aromatic carbocycles. The van der Waals surface area contributed by atoms with Crippen molar-refractivity contribution in [1.82, 2.24) is 4.90 Å². The predicted molar refractivity (Wildman–Crippen MR) is 56.4 cm³/mol. The number of nitrogens with zero attached hydrogens (tertiary/aromatic N) is 1. The summed E-state index contributed by atoms with van der Waals surface area (Å²) in [6, 6.07) is 0. The Morgan fingerprint density at radius 3 is 2.27 bits per heavy atom. The maximum atomic E-state index is 11.5. The van der Waals surface area contributed by atoms with Crippen LogP contribution in [0.15, 0.2) is 0 Å². The Balaban J connectivity index is 2.83. The zero-order chi connectivity index (χ0) is 11.6. The number of carboxylic acids is 1. The Kier molecular flexibility index (Phi) is 3.37. The first kappa shape index (κ1) is 12.0. The minimum Gasteiger partial charge on any atom is -0.480 e. The molecule has 0 aliphatic heterocycles. The lowest BCUT2D eigenvalue weighted by Gasteiger charge is -2.36. The Bertz CT molecular complexity index is 273. The van der Waals surface area contributed by atoms with Gasteiger partial charge in [0.1, 0.15) is 5.54 Å². The van der Waals surface area contributed by atoms with Crippen LogP contribution in [0.1, 0.15) is 40.0 Å². The van der Waals surface area contributed by atoms with E-state index < -0.39 is 11.5 Å². The van der Waals surface area contributed by atoms with Crippen LogP contribution in [0, 0.1) is 5.92 Å². The molecule has 4 nitrogen and oxygen atoms in total. The molecule has 0 heterocycles. The van der Waals surface area contributed by atoms with Crippen molar-refractivity contribution in [2.24, 2.45) is 5.92 Å². The van der Waals surface area contributed by atoms with E-state index in [0.29, 0.717) is 18.9 Å². The number of carbonyl (C=O) groups excluding carboxylic acids is 1. The molecule has 1 saturated carbocycles. The third-order valence-corrected chi connectivity index (χ3v) is 3.26. The lowest BCUT2D eigenvalue weighted by Crippen LogP contribution is -2.54. The van der Waals surface area contributed by atoms with Crippen molar-refractivity contribution in [1.29, 1.82) is 0 Å². The van der Waals surface area contributed by atoms with Gasteiger partial charge in [0.15, 0.2) is 0 Å². The van der Waals surface area contributed by atoms with E-state index in [1.807, 2.05) is 0 Å². The van der Waals surface area contributed by atoms with E-state index in [9.17, 15) is 14.7 Å². The van der Waals surface area contributed by atoms with Crippen molar-refractivity contribution in [3.8, 4) is 0 Å². The Morgan fingerprint density at radius 2 is 2.00 bits per heavy atom. The van der Waals surface area contributed by atoms with Gasteiger partial charge >= 0.3 is 5.97 Å². The normalized spacial score (nSPS) is 19.4. The molecule has 1 fully saturated rings. The molecule has 1 amide bonds. The molecule has 1 rings (SSSR count). The van der Waals surface area contributed by atoms with E-state index in [2.05, 4.69) is 0 Å². The molecular formula is C11H19NO3. The van der Waals surface area contributed by atoms with Crippen molar-refractivity contribution in [3.05, 3.63) is 0 Å². The summed E-state index contributed by atoms with van der Waals surface area (Å²) in [6.07, 6.45) is 2.67. The zero-order valence-electron chi connectivity index (χ0n) is 9.62. The highest BCUT2D eigenvalue weighted by Gasteiger charge is 2.41. The second kappa shape index (κ2) is 4.21. The van der Waals surface area contributed by atoms with Gasteiger partial charge in [0.2, 0.25) is 5.91 Å². The van der Waals surface area contributed by atoms with Crippen LogP contribution in [-0.2, 0) is 9.59 Å². The van der Waals surface area contributed by atoms with Crippen LogP contribution in [0.4, 0.5) is 0 Å². The molecule has 1 aliphatic rings. The van der Waals surface area contributed by atoms with Gasteiger partial charge in [0.25, 0.3) is 0 Å². The molecule has 4 heteroatoms. The molecule has 0 aromatic rings. The molecule has 1 unspecified atom stereocenters. The SMILES string of the molecule is CCC(C)(C(=O)O)N(CC1CC1)C(C)=O. The molecule has 0 aromatic heterocycles. The van der Waals surface area contributed by atoms with Crippen molar-refractivity contribution in [3.63, 3.8) is 0 Å². The summed E-state index contributed by atoms with van der Waals surface area (Å²) in [5.74, 6) is -0.548. The molecule has 86 valence electrons. The van der Waals surface area contributed by atoms with E-state index in [-0.39, 0.29) is 5.91 Å². The first-order chi connectivity index (χ1) is 6.91. The fraction of sp³-hybridized carbons (Fsp3) is 0.818. The molecular weight excluding hydrogens is 194 g/mol. The van der Waals surface area contributed by atoms with E-state index >= 15 is 0 Å². The van der Waals surface area contributed by atoms with Crippen molar-refractivity contribution < 1.29 is 14.7 Å². The topological polar surface area (TPSA) is 57.6 Å². The minimum atomic E-state index is -1.05. The molecule has 0 bridgehead atoms. The average Bonchev–Trinajstić information content (AvgIpc) is 2.95. The number of carboxylic acid groups (broad SMARTS) is 1. The van der Waals surface area contributed by atoms with Crippen LogP contribution < -0.4 is 0 Å². The molecule has 0 radical (unpaired) electrons. The smallest absolute Gasteiger partial charge is 0.329 e. The average molecular weight is 213 g/mol. The molecule has 15 heavy (non-hydrogen) atoms. The molecule has 1 N–H and O–H groups in total. The van der Waals surface area contributed by atoms with Gasteiger partial charge in [0.05, 0.1) is 0 Å². The number of amides is 1. The van der Waals surface area contributed by atoms with Gasteiger partial charge in [-0.25, -0.2) is 4.79 Å². The van der Waals surface area contributed by atoms with E-state index in [1.165, 1.54) is 11.8 Å². The third kappa shape index (κ3) is 2.49. The summed E-state index contributed by atoms with van der Waals surface area (Å²) in [4.78, 5) is 24.2. The Labute approximate surface area is 90.3 Å². The maximum Gasteiger partial charge on any atom is 0.329 e. The first-order valence-electron chi connectivity index (χ1n) is 5.43. The Hall–Kier alpha value is -1.06. The molecule has 1 atom stereocenters. The maximum absolute atomic E-state index is 11.5. The van der Waals surface area contributed by atoms with Crippen LogP contribution in [0.3, 0.4) is 0 Å². The van der Waals surface area contributed by atoms with Gasteiger partial charge in [-0.15, -0.1) is 0 Å². The zero-order valence-corrected chi connectivity index (χ0v) is 9.62. The minimum absolute atomic E-state index is 0.145. The van der Waals surface area contributed by atoms with Crippen molar-refractivity contribution in [2.75, 3.05) is 6.54 Å². The van der Waals surface area contributed by atoms with Gasteiger partial charge in [-0.3, -0.25) is 4.79 Å². The van der Waals surface area contributed by atoms with Gasteiger partial charge in [-0.05, 0) is 32.1 Å². The third-order valence-electron chi connectivity index (χ3n) is 3.26. The summed E-state index contributed by atoms with van der Waals surface area (Å²) in [5, 5.41) is 9.19. The van der Waals surface area contributed by atoms with Gasteiger partial charge < -0.3 is 10.0 Å². The number of hydrogen-bond donors (Lipinski definition) is 1. The largest absolute Gasteiger partial charge is 0.480 e. The summed E-state index contributed by atoms with van der Waals surface area (Å²) in [7, 11) is 0. The highest BCUT2D eigenvalue weighted by molar-refractivity contribution is 5.85. The summed E-state index contributed by atoms with van der Waals surface area (Å²) >= 11 is 0. The van der Waals surface area contributed by atoms with Crippen LogP contribution in [0.25, 0.3) is 0 Å². The number of aliphatic carboxylic acids is 1. The molecule has 1 aliphatic carbocycles. The lowest BCUT2D eigenvalue weighted by atomic mass is 9.96. The van der Waals surface area contributed by atoms with E-state index in [4.69, 9.17) is 0 Å². The summed E-state index contributed by atoms with van der Waals surface area (Å²) in [5.41, 5.74) is -1.05. The summed E-state index contributed by atoms with van der Waals surface area (Å²) in [6.45, 7) is 5.46. The van der Waals surface area contributed by atoms with Gasteiger partial charge in [-0.2, -0.15) is 0 Å². The van der Waals surface area contributed by atoms with E-state index in [0.717, 1.165) is 12.8 Å². The van der Waals surface area contributed by atoms with Gasteiger partial charge in [0, 0.05) is 13.5 Å². The van der Waals surface area contributed by atoms with Crippen LogP contribution >= 0.6 is 0 Å². The van der Waals surface area contributed by atoms with Crippen LogP contribution in [0.2, 0.25) is 0 Å². The Morgan fingerprint density at radius 1 is 1.47 bits per heavy atom.